The van der Waals surface area contributed by atoms with Crippen molar-refractivity contribution < 1.29 is 29.3 Å². The summed E-state index contributed by atoms with van der Waals surface area (Å²) in [6.45, 7) is -0.939. The molecule has 0 radical (unpaired) electrons. The molecule has 0 saturated carbocycles. The third-order valence-electron chi connectivity index (χ3n) is 5.87. The van der Waals surface area contributed by atoms with Gasteiger partial charge in [-0.2, -0.15) is 16.8 Å². The maximum absolute atomic E-state index is 12.6. The molecular formula is C28H36N6O6S3. The molecule has 0 aliphatic carbocycles. The van der Waals surface area contributed by atoms with E-state index in [-0.39, 0.29) is 20.4 Å². The van der Waals surface area contributed by atoms with E-state index in [1.807, 2.05) is 0 Å². The molecule has 2 aromatic carbocycles. The largest absolute Gasteiger partial charge is 0.496 e. The fourth-order valence-electron chi connectivity index (χ4n) is 3.76. The summed E-state index contributed by atoms with van der Waals surface area (Å²) in [6, 6.07) is 13.7. The number of aliphatic imine (C=N–C) groups is 1. The Kier molecular flexibility index (Phi) is 15.8. The molecule has 0 fully saturated rings. The molecule has 43 heavy (non-hydrogen) atoms. The predicted octanol–water partition coefficient (Wildman–Crippen LogP) is 3.38. The average Bonchev–Trinajstić information content (AvgIpc) is 2.98. The summed E-state index contributed by atoms with van der Waals surface area (Å²) in [5, 5.41) is 46.3. The second-order valence-corrected chi connectivity index (χ2v) is 12.2. The Hall–Kier alpha value is -3.37. The zero-order chi connectivity index (χ0) is 31.8. The lowest BCUT2D eigenvalue weighted by molar-refractivity contribution is -0.122. The minimum Gasteiger partial charge on any atom is -0.496 e. The van der Waals surface area contributed by atoms with E-state index in [1.54, 1.807) is 48.5 Å². The molecule has 8 N–H and O–H groups in total. The van der Waals surface area contributed by atoms with Gasteiger partial charge < -0.3 is 30.7 Å². The quantitative estimate of drug-likeness (QED) is 0.0900. The van der Waals surface area contributed by atoms with Gasteiger partial charge in [0, 0.05) is 24.0 Å². The van der Waals surface area contributed by atoms with Crippen molar-refractivity contribution >= 4 is 67.5 Å². The normalized spacial score (nSPS) is 12.6. The van der Waals surface area contributed by atoms with Gasteiger partial charge in [-0.3, -0.25) is 25.8 Å². The Labute approximate surface area is 263 Å². The van der Waals surface area contributed by atoms with Crippen LogP contribution in [-0.4, -0.2) is 81.4 Å². The lowest BCUT2D eigenvalue weighted by Gasteiger charge is -2.17. The Balaban J connectivity index is 1.72. The predicted molar refractivity (Wildman–Crippen MR) is 175 cm³/mol. The summed E-state index contributed by atoms with van der Waals surface area (Å²) >= 11 is 3.19. The first-order chi connectivity index (χ1) is 20.6. The highest BCUT2D eigenvalue weighted by Crippen LogP contribution is 2.28. The highest BCUT2D eigenvalue weighted by atomic mass is 32.2. The van der Waals surface area contributed by atoms with Crippen LogP contribution in [0, 0.1) is 16.2 Å². The smallest absolute Gasteiger partial charge is 0.258 e. The Morgan fingerprint density at radius 2 is 1.35 bits per heavy atom. The van der Waals surface area contributed by atoms with Crippen molar-refractivity contribution in [3.63, 3.8) is 0 Å². The molecule has 2 amide bonds. The first-order valence-electron chi connectivity index (χ1n) is 13.0. The number of aliphatic hydroxyl groups excluding tert-OH is 2. The van der Waals surface area contributed by atoms with E-state index in [9.17, 15) is 19.8 Å². The zero-order valence-electron chi connectivity index (χ0n) is 23.8. The summed E-state index contributed by atoms with van der Waals surface area (Å²) in [4.78, 5) is 29.1. The average molecular weight is 649 g/mol. The third kappa shape index (κ3) is 11.7. The van der Waals surface area contributed by atoms with Crippen molar-refractivity contribution in [3.05, 3.63) is 59.7 Å². The number of thioether (sulfide) groups is 3. The molecule has 0 aromatic heterocycles. The van der Waals surface area contributed by atoms with Gasteiger partial charge in [-0.15, -0.1) is 0 Å². The van der Waals surface area contributed by atoms with Crippen LogP contribution in [0.5, 0.6) is 11.5 Å². The summed E-state index contributed by atoms with van der Waals surface area (Å²) in [5.74, 6) is -1.03. The molecule has 12 nitrogen and oxygen atoms in total. The minimum absolute atomic E-state index is 0.0961. The molecule has 0 heterocycles. The van der Waals surface area contributed by atoms with Gasteiger partial charge in [0.1, 0.15) is 11.5 Å². The second-order valence-electron chi connectivity index (χ2n) is 8.72. The Morgan fingerprint density at radius 3 is 1.86 bits per heavy atom. The number of amidine groups is 2. The molecule has 2 aromatic rings. The fraction of sp³-hybridized carbons (Fsp3) is 0.357. The molecule has 0 bridgehead atoms. The number of nitrogens with zero attached hydrogens (tertiary/aromatic N) is 1. The minimum atomic E-state index is -0.938. The number of ether oxygens (including phenoxy) is 2. The maximum atomic E-state index is 12.6. The van der Waals surface area contributed by atoms with Crippen LogP contribution in [0.1, 0.15) is 35.8 Å². The number of nitrogens with one attached hydrogen (secondary N) is 4. The number of carbonyl (C=O) groups is 2. The van der Waals surface area contributed by atoms with E-state index in [4.69, 9.17) is 31.4 Å². The van der Waals surface area contributed by atoms with E-state index in [1.165, 1.54) is 26.0 Å². The highest BCUT2D eigenvalue weighted by Gasteiger charge is 2.25. The first-order valence-corrected chi connectivity index (χ1v) is 15.8. The molecule has 2 atom stereocenters. The van der Waals surface area contributed by atoms with Crippen LogP contribution in [0.4, 0.5) is 0 Å². The Bertz CT molecular complexity index is 1330. The van der Waals surface area contributed by atoms with Gasteiger partial charge in [0.2, 0.25) is 5.91 Å². The fourth-order valence-corrected chi connectivity index (χ4v) is 6.11. The molecule has 15 heteroatoms. The van der Waals surface area contributed by atoms with Gasteiger partial charge >= 0.3 is 0 Å². The van der Waals surface area contributed by atoms with Crippen LogP contribution in [-0.2, 0) is 9.59 Å². The molecule has 0 aliphatic heterocycles. The van der Waals surface area contributed by atoms with Crippen molar-refractivity contribution in [2.24, 2.45) is 10.7 Å². The third-order valence-corrected chi connectivity index (χ3v) is 8.36. The molecular weight excluding hydrogens is 613 g/mol. The molecule has 0 aliphatic rings. The number of amides is 2. The van der Waals surface area contributed by atoms with Crippen LogP contribution < -0.4 is 20.5 Å². The summed E-state index contributed by atoms with van der Waals surface area (Å²) in [7, 11) is 2.94. The maximum Gasteiger partial charge on any atom is 0.258 e. The van der Waals surface area contributed by atoms with Gasteiger partial charge in [0.25, 0.3) is 5.91 Å². The van der Waals surface area contributed by atoms with Crippen LogP contribution in [0.25, 0.3) is 0 Å². The number of rotatable bonds is 14. The van der Waals surface area contributed by atoms with Crippen molar-refractivity contribution in [2.75, 3.05) is 38.9 Å². The van der Waals surface area contributed by atoms with E-state index in [0.717, 1.165) is 23.5 Å². The number of nitrogens with two attached hydrogens (primary N) is 1. The summed E-state index contributed by atoms with van der Waals surface area (Å²) in [5.41, 5.74) is 6.87. The number of hydrogen-bond acceptors (Lipinski definition) is 12. The van der Waals surface area contributed by atoms with E-state index < -0.39 is 36.9 Å². The zero-order valence-corrected chi connectivity index (χ0v) is 26.2. The second kappa shape index (κ2) is 19.0. The van der Waals surface area contributed by atoms with Gasteiger partial charge in [-0.25, -0.2) is 0 Å². The number of methoxy groups -OCH3 is 2. The molecule has 0 spiro atoms. The van der Waals surface area contributed by atoms with Crippen molar-refractivity contribution in [1.29, 1.82) is 16.2 Å². The van der Waals surface area contributed by atoms with Gasteiger partial charge in [-0.1, -0.05) is 36.4 Å². The molecule has 2 rings (SSSR count). The Morgan fingerprint density at radius 1 is 0.860 bits per heavy atom. The van der Waals surface area contributed by atoms with E-state index in [0.29, 0.717) is 47.0 Å². The molecule has 0 saturated heterocycles. The van der Waals surface area contributed by atoms with Crippen LogP contribution in [0.15, 0.2) is 53.5 Å². The number of para-hydroxylation sites is 2. The first kappa shape index (κ1) is 35.8. The van der Waals surface area contributed by atoms with Crippen LogP contribution in [0.3, 0.4) is 0 Å². The molecule has 232 valence electrons. The van der Waals surface area contributed by atoms with E-state index >= 15 is 0 Å². The van der Waals surface area contributed by atoms with Crippen molar-refractivity contribution in [1.82, 2.24) is 5.32 Å². The number of benzene rings is 2. The van der Waals surface area contributed by atoms with E-state index in [2.05, 4.69) is 10.3 Å². The highest BCUT2D eigenvalue weighted by molar-refractivity contribution is 8.26. The number of carbonyl (C=O) groups excluding carboxylic acids is 2. The number of aliphatic hydroxyl groups is 2. The van der Waals surface area contributed by atoms with Crippen molar-refractivity contribution in [3.8, 4) is 11.5 Å². The molecule has 2 unspecified atom stereocenters. The monoisotopic (exact) mass is 648 g/mol. The lowest BCUT2D eigenvalue weighted by Crippen LogP contribution is -2.34. The van der Waals surface area contributed by atoms with Crippen molar-refractivity contribution in [2.45, 2.75) is 24.7 Å². The van der Waals surface area contributed by atoms with Gasteiger partial charge in [0.05, 0.1) is 49.4 Å². The SMILES string of the molecule is COc1ccccc1C(CO)C(=O)N=C(N)SC(=N)CCSCCC(=N)SC(=N)NC(=O)C(CO)c1ccccc1OC. The lowest BCUT2D eigenvalue weighted by atomic mass is 9.98. The van der Waals surface area contributed by atoms with Crippen LogP contribution >= 0.6 is 35.3 Å². The summed E-state index contributed by atoms with van der Waals surface area (Å²) in [6.07, 6.45) is 0.723. The topological polar surface area (TPSA) is 215 Å². The standard InChI is InChI=1S/C28H36N6O6S3/c1-39-21-9-5-3-7-17(21)19(15-35)25(37)33-27(31)42-23(29)11-13-41-14-12-24(30)43-28(32)34-26(38)20(16-36)18-8-4-6-10-22(18)40-2/h3-10,19-20,29-30,35-36H,11-16H2,1-2H3,(H2,31,33,37)(H2,32,34,38). The van der Waals surface area contributed by atoms with Crippen LogP contribution in [0.2, 0.25) is 0 Å². The van der Waals surface area contributed by atoms with Gasteiger partial charge in [-0.05, 0) is 47.2 Å². The van der Waals surface area contributed by atoms with Gasteiger partial charge in [0.15, 0.2) is 10.3 Å². The number of hydrogen-bond donors (Lipinski definition) is 7. The summed E-state index contributed by atoms with van der Waals surface area (Å²) < 4.78 is 10.5.